The van der Waals surface area contributed by atoms with Gasteiger partial charge in [-0.1, -0.05) is 13.8 Å². The van der Waals surface area contributed by atoms with Crippen molar-refractivity contribution in [2.24, 2.45) is 11.8 Å². The standard InChI is InChI=1S/C17H27N3O3S/c1-12-10-20-15(13(2)16(12)23-4)11-24(21)17-18-8-5-6-14(22-3)7-9-19-17/h5-9,12-13,15-16,20H,10-11H2,1-4H3,(H,18,19). The number of hydrogen-bond acceptors (Lipinski definition) is 5. The highest BCUT2D eigenvalue weighted by molar-refractivity contribution is 7.84. The van der Waals surface area contributed by atoms with Crippen LogP contribution in [0.3, 0.4) is 0 Å². The van der Waals surface area contributed by atoms with Crippen LogP contribution in [0.2, 0.25) is 0 Å². The number of H-pyrrole nitrogens is 1. The predicted molar refractivity (Wildman–Crippen MR) is 95.0 cm³/mol. The van der Waals surface area contributed by atoms with Crippen LogP contribution in [0.4, 0.5) is 0 Å². The Morgan fingerprint density at radius 2 is 2.12 bits per heavy atom. The van der Waals surface area contributed by atoms with Crippen molar-refractivity contribution >= 4 is 10.8 Å². The fourth-order valence-electron chi connectivity index (χ4n) is 3.08. The smallest absolute Gasteiger partial charge is 0.196 e. The van der Waals surface area contributed by atoms with Crippen LogP contribution >= 0.6 is 0 Å². The van der Waals surface area contributed by atoms with Crippen LogP contribution in [0.5, 0.6) is 5.75 Å². The van der Waals surface area contributed by atoms with Crippen LogP contribution in [-0.4, -0.2) is 52.8 Å². The van der Waals surface area contributed by atoms with E-state index in [1.165, 1.54) is 0 Å². The van der Waals surface area contributed by atoms with Gasteiger partial charge in [0.15, 0.2) is 5.16 Å². The van der Waals surface area contributed by atoms with E-state index >= 15 is 0 Å². The Kier molecular flexibility index (Phi) is 7.20. The molecule has 2 heterocycles. The topological polar surface area (TPSA) is 76.2 Å². The molecule has 7 heteroatoms. The number of piperidine rings is 1. The number of ether oxygens (including phenoxy) is 2. The summed E-state index contributed by atoms with van der Waals surface area (Å²) >= 11 is 0. The summed E-state index contributed by atoms with van der Waals surface area (Å²) in [4.78, 5) is 7.27. The Bertz CT molecular complexity index is 606. The second kappa shape index (κ2) is 9.15. The van der Waals surface area contributed by atoms with Gasteiger partial charge in [0, 0.05) is 37.8 Å². The molecule has 5 unspecified atom stereocenters. The number of nitrogens with one attached hydrogen (secondary N) is 2. The van der Waals surface area contributed by atoms with E-state index in [1.807, 2.05) is 0 Å². The Hall–Kier alpha value is -1.44. The SMILES string of the molecule is COc1cccnc(S(=O)CC2NCC(C)C(OC)C2C)[nH]cc1. The minimum absolute atomic E-state index is 0.129. The van der Waals surface area contributed by atoms with E-state index in [-0.39, 0.29) is 18.1 Å². The van der Waals surface area contributed by atoms with E-state index in [2.05, 4.69) is 29.1 Å². The highest BCUT2D eigenvalue weighted by Crippen LogP contribution is 2.24. The first kappa shape index (κ1) is 18.9. The molecule has 2 rings (SSSR count). The van der Waals surface area contributed by atoms with Gasteiger partial charge < -0.3 is 19.8 Å². The fraction of sp³-hybridized carbons (Fsp3) is 0.588. The number of hydrogen-bond donors (Lipinski definition) is 2. The third kappa shape index (κ3) is 4.78. The highest BCUT2D eigenvalue weighted by atomic mass is 32.2. The van der Waals surface area contributed by atoms with E-state index in [9.17, 15) is 4.21 Å². The number of aromatic nitrogens is 2. The zero-order chi connectivity index (χ0) is 17.5. The van der Waals surface area contributed by atoms with Gasteiger partial charge in [0.25, 0.3) is 0 Å². The first-order valence-corrected chi connectivity index (χ1v) is 9.45. The van der Waals surface area contributed by atoms with Crippen molar-refractivity contribution in [2.45, 2.75) is 31.1 Å². The molecule has 1 aliphatic heterocycles. The largest absolute Gasteiger partial charge is 0.497 e. The van der Waals surface area contributed by atoms with Gasteiger partial charge in [0.05, 0.1) is 24.0 Å². The Balaban J connectivity index is 2.13. The summed E-state index contributed by atoms with van der Waals surface area (Å²) in [6.45, 7) is 5.18. The average molecular weight is 353 g/mol. The van der Waals surface area contributed by atoms with Crippen molar-refractivity contribution < 1.29 is 13.7 Å². The second-order valence-corrected chi connectivity index (χ2v) is 7.50. The molecule has 1 aliphatic rings. The normalized spacial score (nSPS) is 28.0. The maximum absolute atomic E-state index is 12.7. The monoisotopic (exact) mass is 353 g/mol. The summed E-state index contributed by atoms with van der Waals surface area (Å²) in [6, 6.07) is 5.46. The zero-order valence-corrected chi connectivity index (χ0v) is 15.5. The summed E-state index contributed by atoms with van der Waals surface area (Å²) in [7, 11) is 2.11. The molecule has 24 heavy (non-hydrogen) atoms. The molecular weight excluding hydrogens is 326 g/mol. The van der Waals surface area contributed by atoms with Gasteiger partial charge >= 0.3 is 0 Å². The summed E-state index contributed by atoms with van der Waals surface area (Å²) in [6.07, 6.45) is 3.48. The van der Waals surface area contributed by atoms with Crippen LogP contribution in [0, 0.1) is 11.8 Å². The maximum atomic E-state index is 12.7. The van der Waals surface area contributed by atoms with Crippen LogP contribution < -0.4 is 10.1 Å². The molecule has 1 fully saturated rings. The maximum Gasteiger partial charge on any atom is 0.196 e. The van der Waals surface area contributed by atoms with Gasteiger partial charge in [-0.15, -0.1) is 0 Å². The first-order chi connectivity index (χ1) is 11.6. The average Bonchev–Trinajstić information content (AvgIpc) is 2.69. The van der Waals surface area contributed by atoms with E-state index in [1.54, 1.807) is 44.8 Å². The Morgan fingerprint density at radius 3 is 2.83 bits per heavy atom. The van der Waals surface area contributed by atoms with Gasteiger partial charge in [-0.2, -0.15) is 0 Å². The van der Waals surface area contributed by atoms with E-state index in [0.29, 0.717) is 22.6 Å². The fourth-order valence-corrected chi connectivity index (χ4v) is 4.37. The molecule has 2 N–H and O–H groups in total. The van der Waals surface area contributed by atoms with Crippen LogP contribution in [0.25, 0.3) is 0 Å². The third-order valence-electron chi connectivity index (χ3n) is 4.46. The van der Waals surface area contributed by atoms with E-state index in [0.717, 1.165) is 6.54 Å². The van der Waals surface area contributed by atoms with Gasteiger partial charge in [0.1, 0.15) is 5.75 Å². The van der Waals surface area contributed by atoms with Crippen molar-refractivity contribution in [2.75, 3.05) is 26.5 Å². The molecule has 0 amide bonds. The minimum atomic E-state index is -1.24. The molecule has 1 aromatic heterocycles. The summed E-state index contributed by atoms with van der Waals surface area (Å²) < 4.78 is 23.5. The number of nitrogens with zero attached hydrogens (tertiary/aromatic N) is 1. The lowest BCUT2D eigenvalue weighted by atomic mass is 9.84. The Labute approximate surface area is 146 Å². The van der Waals surface area contributed by atoms with Crippen LogP contribution in [0.1, 0.15) is 13.8 Å². The van der Waals surface area contributed by atoms with Crippen molar-refractivity contribution in [1.29, 1.82) is 0 Å². The molecule has 0 aliphatic carbocycles. The van der Waals surface area contributed by atoms with Crippen molar-refractivity contribution in [3.8, 4) is 5.75 Å². The summed E-state index contributed by atoms with van der Waals surface area (Å²) in [5.41, 5.74) is 0. The first-order valence-electron chi connectivity index (χ1n) is 8.13. The molecule has 0 saturated carbocycles. The molecule has 6 nitrogen and oxygen atoms in total. The van der Waals surface area contributed by atoms with Crippen molar-refractivity contribution in [3.63, 3.8) is 0 Å². The number of rotatable bonds is 5. The van der Waals surface area contributed by atoms with E-state index < -0.39 is 10.8 Å². The van der Waals surface area contributed by atoms with Gasteiger partial charge in [0.2, 0.25) is 0 Å². The third-order valence-corrected chi connectivity index (χ3v) is 5.78. The highest BCUT2D eigenvalue weighted by Gasteiger charge is 2.35. The van der Waals surface area contributed by atoms with Gasteiger partial charge in [-0.25, -0.2) is 4.98 Å². The zero-order valence-electron chi connectivity index (χ0n) is 14.7. The van der Waals surface area contributed by atoms with Crippen LogP contribution in [0.15, 0.2) is 35.7 Å². The van der Waals surface area contributed by atoms with E-state index in [4.69, 9.17) is 9.47 Å². The molecule has 0 bridgehead atoms. The summed E-state index contributed by atoms with van der Waals surface area (Å²) in [5.74, 6) is 1.92. The molecule has 5 atom stereocenters. The van der Waals surface area contributed by atoms with Crippen molar-refractivity contribution in [3.05, 3.63) is 30.6 Å². The molecule has 0 spiro atoms. The Morgan fingerprint density at radius 1 is 1.33 bits per heavy atom. The lowest BCUT2D eigenvalue weighted by molar-refractivity contribution is -0.0136. The number of aromatic amines is 1. The molecule has 0 aromatic carbocycles. The summed E-state index contributed by atoms with van der Waals surface area (Å²) in [5, 5.41) is 3.93. The van der Waals surface area contributed by atoms with Gasteiger partial charge in [-0.05, 0) is 30.0 Å². The quantitative estimate of drug-likeness (QED) is 0.846. The molecule has 0 radical (unpaired) electrons. The van der Waals surface area contributed by atoms with Crippen molar-refractivity contribution in [1.82, 2.24) is 15.3 Å². The lowest BCUT2D eigenvalue weighted by Crippen LogP contribution is -2.54. The predicted octanol–water partition coefficient (Wildman–Crippen LogP) is 1.91. The molecule has 134 valence electrons. The molecule has 1 aromatic rings. The minimum Gasteiger partial charge on any atom is -0.497 e. The second-order valence-electron chi connectivity index (χ2n) is 6.09. The lowest BCUT2D eigenvalue weighted by Gasteiger charge is -2.40. The van der Waals surface area contributed by atoms with Gasteiger partial charge in [-0.3, -0.25) is 4.21 Å². The van der Waals surface area contributed by atoms with Crippen LogP contribution in [-0.2, 0) is 15.5 Å². The molecule has 1 saturated heterocycles. The molecular formula is C17H27N3O3S. The number of methoxy groups -OCH3 is 2.